The number of hydrogen-bond donors (Lipinski definition) is 1. The summed E-state index contributed by atoms with van der Waals surface area (Å²) in [5.74, 6) is 1.10. The molecule has 1 aliphatic rings. The first-order valence-electron chi connectivity index (χ1n) is 10.9. The zero-order valence-electron chi connectivity index (χ0n) is 18.9. The van der Waals surface area contributed by atoms with Crippen LogP contribution in [0.3, 0.4) is 0 Å². The van der Waals surface area contributed by atoms with Gasteiger partial charge in [0.1, 0.15) is 11.5 Å². The molecule has 1 heterocycles. The molecule has 0 unspecified atom stereocenters. The predicted octanol–water partition coefficient (Wildman–Crippen LogP) is 3.33. The average molecular weight is 494 g/mol. The number of rotatable bonds is 9. The largest absolute Gasteiger partial charge is 0.484 e. The number of nitrogens with zero attached hydrogens (tertiary/aromatic N) is 2. The van der Waals surface area contributed by atoms with Gasteiger partial charge in [-0.05, 0) is 61.4 Å². The molecule has 2 aromatic rings. The Labute approximate surface area is 204 Å². The summed E-state index contributed by atoms with van der Waals surface area (Å²) in [5.41, 5.74) is 1.78. The molecule has 1 N–H and O–H groups in total. The molecule has 9 heteroatoms. The van der Waals surface area contributed by atoms with Crippen molar-refractivity contribution in [3.05, 3.63) is 57.6 Å². The van der Waals surface area contributed by atoms with Crippen LogP contribution in [0.2, 0.25) is 10.0 Å². The second-order valence-electron chi connectivity index (χ2n) is 7.97. The van der Waals surface area contributed by atoms with Crippen molar-refractivity contribution in [2.45, 2.75) is 13.8 Å². The molecule has 0 atom stereocenters. The highest BCUT2D eigenvalue weighted by Gasteiger charge is 2.21. The zero-order valence-corrected chi connectivity index (χ0v) is 20.4. The Morgan fingerprint density at radius 2 is 1.42 bits per heavy atom. The van der Waals surface area contributed by atoms with Gasteiger partial charge in [-0.3, -0.25) is 14.5 Å². The second-order valence-corrected chi connectivity index (χ2v) is 8.84. The van der Waals surface area contributed by atoms with Gasteiger partial charge < -0.3 is 19.7 Å². The van der Waals surface area contributed by atoms with Gasteiger partial charge in [0.2, 0.25) is 0 Å². The number of nitrogens with one attached hydrogen (secondary N) is 1. The van der Waals surface area contributed by atoms with Gasteiger partial charge in [-0.2, -0.15) is 0 Å². The molecule has 0 spiro atoms. The number of aryl methyl sites for hydroxylation is 2. The van der Waals surface area contributed by atoms with Crippen molar-refractivity contribution < 1.29 is 19.1 Å². The van der Waals surface area contributed by atoms with E-state index in [1.807, 2.05) is 24.8 Å². The highest BCUT2D eigenvalue weighted by molar-refractivity contribution is 6.31. The quantitative estimate of drug-likeness (QED) is 0.579. The Balaban J connectivity index is 1.30. The van der Waals surface area contributed by atoms with Crippen LogP contribution in [-0.2, 0) is 9.59 Å². The third kappa shape index (κ3) is 7.81. The highest BCUT2D eigenvalue weighted by atomic mass is 35.5. The minimum absolute atomic E-state index is 0.00558. The number of piperazine rings is 1. The van der Waals surface area contributed by atoms with Crippen LogP contribution < -0.4 is 14.8 Å². The van der Waals surface area contributed by atoms with E-state index in [9.17, 15) is 9.59 Å². The fraction of sp³-hybridized carbons (Fsp3) is 0.417. The lowest BCUT2D eigenvalue weighted by Crippen LogP contribution is -2.51. The van der Waals surface area contributed by atoms with E-state index in [1.165, 1.54) is 0 Å². The summed E-state index contributed by atoms with van der Waals surface area (Å²) in [6.45, 7) is 7.75. The molecule has 1 aliphatic heterocycles. The molecular formula is C24H29Cl2N3O4. The van der Waals surface area contributed by atoms with Crippen LogP contribution in [-0.4, -0.2) is 74.1 Å². The van der Waals surface area contributed by atoms with Crippen LogP contribution in [0.15, 0.2) is 36.4 Å². The van der Waals surface area contributed by atoms with Gasteiger partial charge in [0, 0.05) is 49.3 Å². The standard InChI is InChI=1S/C24H29Cl2N3O4/c1-17-13-19(25)3-5-21(17)32-15-23(30)27-7-8-28-9-11-29(12-10-28)24(31)16-33-22-6-4-20(26)14-18(22)2/h3-6,13-14H,7-12,15-16H2,1-2H3,(H,27,30). The van der Waals surface area contributed by atoms with Crippen molar-refractivity contribution in [2.75, 3.05) is 52.5 Å². The van der Waals surface area contributed by atoms with Gasteiger partial charge in [0.15, 0.2) is 13.2 Å². The third-order valence-electron chi connectivity index (χ3n) is 5.46. The zero-order chi connectivity index (χ0) is 23.8. The molecule has 0 saturated carbocycles. The summed E-state index contributed by atoms with van der Waals surface area (Å²) in [6, 6.07) is 10.6. The summed E-state index contributed by atoms with van der Waals surface area (Å²) >= 11 is 11.9. The van der Waals surface area contributed by atoms with Crippen LogP contribution in [0.5, 0.6) is 11.5 Å². The molecule has 2 amide bonds. The number of halogens is 2. The van der Waals surface area contributed by atoms with Gasteiger partial charge in [0.05, 0.1) is 0 Å². The van der Waals surface area contributed by atoms with Gasteiger partial charge in [-0.1, -0.05) is 23.2 Å². The SMILES string of the molecule is Cc1cc(Cl)ccc1OCC(=O)NCCN1CCN(C(=O)COc2ccc(Cl)cc2C)CC1. The lowest BCUT2D eigenvalue weighted by atomic mass is 10.2. The van der Waals surface area contributed by atoms with E-state index >= 15 is 0 Å². The van der Waals surface area contributed by atoms with Gasteiger partial charge in [-0.25, -0.2) is 0 Å². The Bertz CT molecular complexity index is 975. The lowest BCUT2D eigenvalue weighted by molar-refractivity contribution is -0.135. The smallest absolute Gasteiger partial charge is 0.260 e. The monoisotopic (exact) mass is 493 g/mol. The van der Waals surface area contributed by atoms with Gasteiger partial charge >= 0.3 is 0 Å². The molecule has 2 aromatic carbocycles. The maximum atomic E-state index is 12.5. The van der Waals surface area contributed by atoms with E-state index in [-0.39, 0.29) is 25.0 Å². The van der Waals surface area contributed by atoms with Crippen LogP contribution in [0.4, 0.5) is 0 Å². The Kier molecular flexibility index (Phi) is 9.23. The highest BCUT2D eigenvalue weighted by Crippen LogP contribution is 2.22. The van der Waals surface area contributed by atoms with E-state index in [2.05, 4.69) is 10.2 Å². The summed E-state index contributed by atoms with van der Waals surface area (Å²) in [6.07, 6.45) is 0. The average Bonchev–Trinajstić information content (AvgIpc) is 2.78. The number of benzene rings is 2. The minimum atomic E-state index is -0.173. The molecule has 0 aliphatic carbocycles. The van der Waals surface area contributed by atoms with Crippen molar-refractivity contribution in [1.29, 1.82) is 0 Å². The maximum absolute atomic E-state index is 12.5. The molecule has 7 nitrogen and oxygen atoms in total. The second kappa shape index (κ2) is 12.1. The first-order chi connectivity index (χ1) is 15.8. The van der Waals surface area contributed by atoms with Crippen molar-refractivity contribution in [2.24, 2.45) is 0 Å². The van der Waals surface area contributed by atoms with Crippen molar-refractivity contribution >= 4 is 35.0 Å². The molecular weight excluding hydrogens is 465 g/mol. The topological polar surface area (TPSA) is 71.1 Å². The van der Waals surface area contributed by atoms with Crippen molar-refractivity contribution in [1.82, 2.24) is 15.1 Å². The fourth-order valence-corrected chi connectivity index (χ4v) is 4.00. The van der Waals surface area contributed by atoms with Crippen molar-refractivity contribution in [3.8, 4) is 11.5 Å². The van der Waals surface area contributed by atoms with Gasteiger partial charge in [-0.15, -0.1) is 0 Å². The minimum Gasteiger partial charge on any atom is -0.484 e. The number of ether oxygens (including phenoxy) is 2. The summed E-state index contributed by atoms with van der Waals surface area (Å²) in [7, 11) is 0. The van der Waals surface area contributed by atoms with Crippen LogP contribution in [0, 0.1) is 13.8 Å². The Morgan fingerprint density at radius 1 is 0.879 bits per heavy atom. The van der Waals surface area contributed by atoms with Crippen LogP contribution in [0.1, 0.15) is 11.1 Å². The molecule has 178 valence electrons. The van der Waals surface area contributed by atoms with Gasteiger partial charge in [0.25, 0.3) is 11.8 Å². The van der Waals surface area contributed by atoms with Crippen LogP contribution in [0.25, 0.3) is 0 Å². The van der Waals surface area contributed by atoms with E-state index in [0.717, 1.165) is 24.2 Å². The number of carbonyl (C=O) groups excluding carboxylic acids is 2. The summed E-state index contributed by atoms with van der Waals surface area (Å²) in [5, 5.41) is 4.15. The Hall–Kier alpha value is -2.48. The van der Waals surface area contributed by atoms with E-state index < -0.39 is 0 Å². The predicted molar refractivity (Wildman–Crippen MR) is 129 cm³/mol. The number of amides is 2. The first-order valence-corrected chi connectivity index (χ1v) is 11.6. The molecule has 0 radical (unpaired) electrons. The normalized spacial score (nSPS) is 14.1. The third-order valence-corrected chi connectivity index (χ3v) is 5.93. The maximum Gasteiger partial charge on any atom is 0.260 e. The molecule has 1 saturated heterocycles. The first kappa shape index (κ1) is 25.1. The summed E-state index contributed by atoms with van der Waals surface area (Å²) < 4.78 is 11.2. The molecule has 1 fully saturated rings. The summed E-state index contributed by atoms with van der Waals surface area (Å²) in [4.78, 5) is 28.6. The molecule has 0 bridgehead atoms. The van der Waals surface area contributed by atoms with Crippen molar-refractivity contribution in [3.63, 3.8) is 0 Å². The van der Waals surface area contributed by atoms with E-state index in [1.54, 1.807) is 30.3 Å². The number of hydrogen-bond acceptors (Lipinski definition) is 5. The van der Waals surface area contributed by atoms with E-state index in [4.69, 9.17) is 32.7 Å². The van der Waals surface area contributed by atoms with E-state index in [0.29, 0.717) is 47.7 Å². The fourth-order valence-electron chi connectivity index (χ4n) is 3.55. The lowest BCUT2D eigenvalue weighted by Gasteiger charge is -2.34. The van der Waals surface area contributed by atoms with Crippen LogP contribution >= 0.6 is 23.2 Å². The number of carbonyl (C=O) groups is 2. The molecule has 33 heavy (non-hydrogen) atoms. The molecule has 3 rings (SSSR count). The Morgan fingerprint density at radius 3 is 1.97 bits per heavy atom. The molecule has 0 aromatic heterocycles.